The second kappa shape index (κ2) is 5.38. The maximum atomic E-state index is 2.52. The molecular weight excluding hydrogens is 168 g/mol. The summed E-state index contributed by atoms with van der Waals surface area (Å²) in [5.41, 5.74) is 2.06. The fraction of sp³-hybridized carbons (Fsp3) is 0.714. The first-order valence-corrected chi connectivity index (χ1v) is 6.17. The molecule has 0 aromatic heterocycles. The van der Waals surface area contributed by atoms with Gasteiger partial charge < -0.3 is 0 Å². The summed E-state index contributed by atoms with van der Waals surface area (Å²) in [5, 5.41) is 0. The van der Waals surface area contributed by atoms with E-state index in [0.29, 0.717) is 5.41 Å². The molecule has 80 valence electrons. The molecule has 0 aromatic carbocycles. The van der Waals surface area contributed by atoms with E-state index in [-0.39, 0.29) is 0 Å². The molecule has 0 heterocycles. The van der Waals surface area contributed by atoms with Crippen LogP contribution in [0.2, 0.25) is 0 Å². The van der Waals surface area contributed by atoms with Gasteiger partial charge in [0.2, 0.25) is 0 Å². The summed E-state index contributed by atoms with van der Waals surface area (Å²) < 4.78 is 0. The Morgan fingerprint density at radius 2 is 1.71 bits per heavy atom. The minimum Gasteiger partial charge on any atom is -0.0834 e. The summed E-state index contributed by atoms with van der Waals surface area (Å²) in [7, 11) is 0. The first-order chi connectivity index (χ1) is 6.81. The van der Waals surface area contributed by atoms with Gasteiger partial charge in [-0.15, -0.1) is 0 Å². The van der Waals surface area contributed by atoms with Crippen molar-refractivity contribution in [3.63, 3.8) is 0 Å². The molecule has 0 bridgehead atoms. The maximum absolute atomic E-state index is 2.52. The van der Waals surface area contributed by atoms with Crippen LogP contribution in [0.4, 0.5) is 0 Å². The van der Waals surface area contributed by atoms with Crippen LogP contribution in [0.3, 0.4) is 0 Å². The number of hydrogen-bond donors (Lipinski definition) is 0. The average molecular weight is 192 g/mol. The summed E-state index contributed by atoms with van der Waals surface area (Å²) in [4.78, 5) is 0. The Kier molecular flexibility index (Phi) is 4.44. The Morgan fingerprint density at radius 3 is 2.29 bits per heavy atom. The molecule has 0 atom stereocenters. The van der Waals surface area contributed by atoms with Gasteiger partial charge in [0.05, 0.1) is 0 Å². The van der Waals surface area contributed by atoms with Gasteiger partial charge in [0.15, 0.2) is 0 Å². The molecule has 0 unspecified atom stereocenters. The quantitative estimate of drug-likeness (QED) is 0.513. The van der Waals surface area contributed by atoms with Gasteiger partial charge >= 0.3 is 0 Å². The number of hydrogen-bond acceptors (Lipinski definition) is 0. The minimum atomic E-state index is 0.580. The molecule has 0 amide bonds. The van der Waals surface area contributed by atoms with Gasteiger partial charge in [0, 0.05) is 0 Å². The van der Waals surface area contributed by atoms with Crippen LogP contribution in [0, 0.1) is 5.41 Å². The van der Waals surface area contributed by atoms with Crippen molar-refractivity contribution < 1.29 is 0 Å². The monoisotopic (exact) mass is 192 g/mol. The fourth-order valence-electron chi connectivity index (χ4n) is 2.67. The number of allylic oxidation sites excluding steroid dienone is 4. The van der Waals surface area contributed by atoms with Gasteiger partial charge in [0.1, 0.15) is 0 Å². The van der Waals surface area contributed by atoms with Crippen molar-refractivity contribution in [1.29, 1.82) is 0 Å². The molecule has 0 N–H and O–H groups in total. The topological polar surface area (TPSA) is 0 Å². The highest BCUT2D eigenvalue weighted by Crippen LogP contribution is 2.43. The molecule has 1 fully saturated rings. The molecule has 0 nitrogen and oxygen atoms in total. The summed E-state index contributed by atoms with van der Waals surface area (Å²) >= 11 is 0. The third-order valence-electron chi connectivity index (χ3n) is 3.29. The molecule has 2 rings (SSSR count). The summed E-state index contributed by atoms with van der Waals surface area (Å²) in [6, 6.07) is 0. The lowest BCUT2D eigenvalue weighted by Crippen LogP contribution is -2.22. The van der Waals surface area contributed by atoms with Crippen molar-refractivity contribution in [3.8, 4) is 0 Å². The molecule has 0 radical (unpaired) electrons. The smallest absolute Gasteiger partial charge is 0.00780 e. The van der Waals surface area contributed by atoms with E-state index < -0.39 is 0 Å². The highest BCUT2D eigenvalue weighted by molar-refractivity contribution is 5.25. The van der Waals surface area contributed by atoms with E-state index in [1.54, 1.807) is 0 Å². The zero-order valence-electron chi connectivity index (χ0n) is 9.97. The average Bonchev–Trinajstić information content (AvgIpc) is 2.21. The largest absolute Gasteiger partial charge is 0.0834 e. The molecule has 1 spiro atoms. The Labute approximate surface area is 89.1 Å². The predicted octanol–water partition coefficient (Wildman–Crippen LogP) is 4.87. The van der Waals surface area contributed by atoms with E-state index in [1.165, 1.54) is 44.1 Å². The van der Waals surface area contributed by atoms with Gasteiger partial charge in [-0.3, -0.25) is 0 Å². The van der Waals surface area contributed by atoms with E-state index in [1.807, 2.05) is 13.8 Å². The first-order valence-electron chi connectivity index (χ1n) is 6.17. The standard InChI is InChI=1S/C12H18.C2H6/c1-11-6-5-9-12(10-11)7-3-2-4-8-12;1-2/h5-6,10H,2-4,7-9H2,1H3;1-2H3. The molecule has 2 aliphatic rings. The Bertz CT molecular complexity index is 214. The molecule has 1 saturated carbocycles. The van der Waals surface area contributed by atoms with Crippen molar-refractivity contribution >= 4 is 0 Å². The van der Waals surface area contributed by atoms with Crippen LogP contribution in [0.5, 0.6) is 0 Å². The molecule has 14 heavy (non-hydrogen) atoms. The summed E-state index contributed by atoms with van der Waals surface area (Å²) in [6.45, 7) is 6.23. The lowest BCUT2D eigenvalue weighted by atomic mass is 9.69. The third-order valence-corrected chi connectivity index (χ3v) is 3.29. The Balaban J connectivity index is 0.000000461. The van der Waals surface area contributed by atoms with E-state index in [9.17, 15) is 0 Å². The van der Waals surface area contributed by atoms with Gasteiger partial charge in [-0.25, -0.2) is 0 Å². The zero-order chi connectivity index (χ0) is 10.4. The molecule has 0 aliphatic heterocycles. The lowest BCUT2D eigenvalue weighted by molar-refractivity contribution is 0.257. The first kappa shape index (κ1) is 11.6. The van der Waals surface area contributed by atoms with Crippen molar-refractivity contribution in [3.05, 3.63) is 23.8 Å². The van der Waals surface area contributed by atoms with Crippen LogP contribution >= 0.6 is 0 Å². The Morgan fingerprint density at radius 1 is 1.07 bits per heavy atom. The van der Waals surface area contributed by atoms with Gasteiger partial charge in [-0.1, -0.05) is 56.9 Å². The highest BCUT2D eigenvalue weighted by atomic mass is 14.3. The predicted molar refractivity (Wildman–Crippen MR) is 64.4 cm³/mol. The highest BCUT2D eigenvalue weighted by Gasteiger charge is 2.29. The second-order valence-electron chi connectivity index (χ2n) is 4.42. The van der Waals surface area contributed by atoms with Crippen LogP contribution in [0.1, 0.15) is 59.3 Å². The molecule has 0 saturated heterocycles. The van der Waals surface area contributed by atoms with E-state index >= 15 is 0 Å². The van der Waals surface area contributed by atoms with Crippen LogP contribution in [-0.2, 0) is 0 Å². The summed E-state index contributed by atoms with van der Waals surface area (Å²) in [5.74, 6) is 0. The van der Waals surface area contributed by atoms with E-state index in [4.69, 9.17) is 0 Å². The van der Waals surface area contributed by atoms with Crippen LogP contribution in [-0.4, -0.2) is 0 Å². The number of rotatable bonds is 0. The van der Waals surface area contributed by atoms with Crippen LogP contribution in [0.25, 0.3) is 0 Å². The van der Waals surface area contributed by atoms with Crippen LogP contribution < -0.4 is 0 Å². The zero-order valence-corrected chi connectivity index (χ0v) is 9.97. The van der Waals surface area contributed by atoms with Crippen molar-refractivity contribution in [2.75, 3.05) is 0 Å². The van der Waals surface area contributed by atoms with Crippen molar-refractivity contribution in [2.45, 2.75) is 59.3 Å². The lowest BCUT2D eigenvalue weighted by Gasteiger charge is -2.36. The van der Waals surface area contributed by atoms with E-state index in [2.05, 4.69) is 25.2 Å². The van der Waals surface area contributed by atoms with Gasteiger partial charge in [0.25, 0.3) is 0 Å². The van der Waals surface area contributed by atoms with Crippen molar-refractivity contribution in [1.82, 2.24) is 0 Å². The summed E-state index contributed by atoms with van der Waals surface area (Å²) in [6.07, 6.45) is 15.6. The third kappa shape index (κ3) is 2.73. The van der Waals surface area contributed by atoms with E-state index in [0.717, 1.165) is 0 Å². The van der Waals surface area contributed by atoms with Gasteiger partial charge in [-0.05, 0) is 31.6 Å². The normalized spacial score (nSPS) is 23.8. The molecule has 0 aromatic rings. The van der Waals surface area contributed by atoms with Crippen molar-refractivity contribution in [2.24, 2.45) is 5.41 Å². The fourth-order valence-corrected chi connectivity index (χ4v) is 2.67. The maximum Gasteiger partial charge on any atom is -0.00780 e. The molecule has 0 heteroatoms. The second-order valence-corrected chi connectivity index (χ2v) is 4.42. The molecular formula is C14H24. The Hall–Kier alpha value is -0.520. The van der Waals surface area contributed by atoms with Crippen LogP contribution in [0.15, 0.2) is 23.8 Å². The minimum absolute atomic E-state index is 0.580. The van der Waals surface area contributed by atoms with Gasteiger partial charge in [-0.2, -0.15) is 0 Å². The molecule has 2 aliphatic carbocycles. The SMILES string of the molecule is CC.CC1=CC2(CC=C1)CCCCC2.